The number of hydroxylamine groups is 2. The topological polar surface area (TPSA) is 95.4 Å². The molecule has 25 heavy (non-hydrogen) atoms. The second kappa shape index (κ2) is 7.21. The van der Waals surface area contributed by atoms with Crippen molar-refractivity contribution in [3.8, 4) is 0 Å². The number of amides is 1. The Kier molecular flexibility index (Phi) is 5.45. The summed E-state index contributed by atoms with van der Waals surface area (Å²) in [6.45, 7) is 5.71. The van der Waals surface area contributed by atoms with Crippen molar-refractivity contribution in [3.05, 3.63) is 46.1 Å². The number of carbonyl (C=O) groups is 2. The van der Waals surface area contributed by atoms with Crippen LogP contribution in [0.3, 0.4) is 0 Å². The fraction of sp³-hybridized carbons (Fsp3) is 0.529. The average Bonchev–Trinajstić information content (AvgIpc) is 2.55. The van der Waals surface area contributed by atoms with Crippen molar-refractivity contribution in [1.82, 2.24) is 5.06 Å². The van der Waals surface area contributed by atoms with E-state index in [0.717, 1.165) is 0 Å². The van der Waals surface area contributed by atoms with Crippen LogP contribution in [0.4, 0.5) is 4.39 Å². The second-order valence-corrected chi connectivity index (χ2v) is 7.11. The first-order valence-corrected chi connectivity index (χ1v) is 8.02. The smallest absolute Gasteiger partial charge is 0.330 e. The molecule has 1 saturated heterocycles. The van der Waals surface area contributed by atoms with Gasteiger partial charge in [0.25, 0.3) is 0 Å². The molecule has 7 nitrogen and oxygen atoms in total. The molecule has 0 unspecified atom stereocenters. The van der Waals surface area contributed by atoms with Gasteiger partial charge in [-0.1, -0.05) is 18.2 Å². The van der Waals surface area contributed by atoms with E-state index in [1.165, 1.54) is 23.3 Å². The summed E-state index contributed by atoms with van der Waals surface area (Å²) in [5.41, 5.74) is 6.93. The molecule has 0 bridgehead atoms. The Labute approximate surface area is 145 Å². The molecule has 0 aliphatic carbocycles. The molecule has 2 rings (SSSR count). The first-order chi connectivity index (χ1) is 11.7. The molecule has 0 radical (unpaired) electrons. The van der Waals surface area contributed by atoms with Gasteiger partial charge in [-0.15, -0.1) is 5.06 Å². The molecular weight excluding hydrogens is 327 g/mol. The SMILES string of the molecule is CC(C)(C)C(=O)ON1CCC(C(=O)N=[N+]=[N-])(c2ccccc2F)CC1. The lowest BCUT2D eigenvalue weighted by Gasteiger charge is -2.39. The Morgan fingerprint density at radius 1 is 1.28 bits per heavy atom. The number of halogens is 1. The fourth-order valence-corrected chi connectivity index (χ4v) is 2.80. The monoisotopic (exact) mass is 348 g/mol. The summed E-state index contributed by atoms with van der Waals surface area (Å²) < 4.78 is 14.3. The van der Waals surface area contributed by atoms with Gasteiger partial charge in [-0.3, -0.25) is 4.79 Å². The van der Waals surface area contributed by atoms with Gasteiger partial charge in [-0.25, -0.2) is 9.18 Å². The minimum atomic E-state index is -1.25. The number of carbonyl (C=O) groups excluding carboxylic acids is 2. The molecule has 0 aromatic heterocycles. The third-order valence-corrected chi connectivity index (χ3v) is 4.33. The third kappa shape index (κ3) is 3.97. The number of benzene rings is 1. The summed E-state index contributed by atoms with van der Waals surface area (Å²) in [4.78, 5) is 32.4. The molecule has 1 aliphatic heterocycles. The molecule has 0 atom stereocenters. The van der Waals surface area contributed by atoms with Crippen LogP contribution in [0, 0.1) is 11.2 Å². The van der Waals surface area contributed by atoms with Crippen molar-refractivity contribution < 1.29 is 18.8 Å². The van der Waals surface area contributed by atoms with Gasteiger partial charge < -0.3 is 4.84 Å². The van der Waals surface area contributed by atoms with Crippen molar-refractivity contribution >= 4 is 11.9 Å². The van der Waals surface area contributed by atoms with Gasteiger partial charge in [-0.05, 0) is 50.3 Å². The van der Waals surface area contributed by atoms with Crippen molar-refractivity contribution in [2.45, 2.75) is 39.0 Å². The lowest BCUT2D eigenvalue weighted by Crippen LogP contribution is -2.48. The molecule has 1 aromatic rings. The number of azide groups is 1. The summed E-state index contributed by atoms with van der Waals surface area (Å²) in [6.07, 6.45) is 0.367. The molecule has 1 amide bonds. The summed E-state index contributed by atoms with van der Waals surface area (Å²) >= 11 is 0. The summed E-state index contributed by atoms with van der Waals surface area (Å²) in [5.74, 6) is -1.63. The van der Waals surface area contributed by atoms with Crippen molar-refractivity contribution in [2.24, 2.45) is 10.5 Å². The van der Waals surface area contributed by atoms with Gasteiger partial charge in [0.2, 0.25) is 5.91 Å². The molecule has 0 saturated carbocycles. The number of piperidine rings is 1. The minimum Gasteiger partial charge on any atom is -0.367 e. The van der Waals surface area contributed by atoms with Crippen LogP contribution < -0.4 is 0 Å². The standard InChI is InChI=1S/C17H21FN4O3/c1-16(2,3)15(24)25-22-10-8-17(9-11-22,14(23)20-21-19)12-6-4-5-7-13(12)18/h4-7H,8-11H2,1-3H3. The highest BCUT2D eigenvalue weighted by atomic mass is 19.1. The maximum atomic E-state index is 14.3. The quantitative estimate of drug-likeness (QED) is 0.474. The Morgan fingerprint density at radius 2 is 1.88 bits per heavy atom. The van der Waals surface area contributed by atoms with Crippen LogP contribution in [0.5, 0.6) is 0 Å². The molecule has 0 N–H and O–H groups in total. The summed E-state index contributed by atoms with van der Waals surface area (Å²) in [6, 6.07) is 5.96. The van der Waals surface area contributed by atoms with Gasteiger partial charge in [0.05, 0.1) is 10.8 Å². The first kappa shape index (κ1) is 18.9. The van der Waals surface area contributed by atoms with Crippen LogP contribution in [-0.2, 0) is 19.8 Å². The molecule has 1 fully saturated rings. The van der Waals surface area contributed by atoms with E-state index >= 15 is 0 Å². The molecule has 8 heteroatoms. The summed E-state index contributed by atoms with van der Waals surface area (Å²) in [5, 5.41) is 4.68. The van der Waals surface area contributed by atoms with E-state index in [-0.39, 0.29) is 37.5 Å². The minimum absolute atomic E-state index is 0.184. The van der Waals surface area contributed by atoms with Crippen LogP contribution in [0.15, 0.2) is 29.4 Å². The van der Waals surface area contributed by atoms with Crippen LogP contribution in [0.1, 0.15) is 39.2 Å². The van der Waals surface area contributed by atoms with Gasteiger partial charge in [0.15, 0.2) is 0 Å². The highest BCUT2D eigenvalue weighted by Gasteiger charge is 2.45. The zero-order chi connectivity index (χ0) is 18.7. The van der Waals surface area contributed by atoms with Gasteiger partial charge in [0, 0.05) is 23.6 Å². The van der Waals surface area contributed by atoms with Crippen LogP contribution in [0.25, 0.3) is 10.4 Å². The normalized spacial score (nSPS) is 17.4. The maximum absolute atomic E-state index is 14.3. The fourth-order valence-electron chi connectivity index (χ4n) is 2.80. The Morgan fingerprint density at radius 3 is 2.40 bits per heavy atom. The zero-order valence-corrected chi connectivity index (χ0v) is 14.5. The summed E-state index contributed by atoms with van der Waals surface area (Å²) in [7, 11) is 0. The average molecular weight is 348 g/mol. The second-order valence-electron chi connectivity index (χ2n) is 7.11. The van der Waals surface area contributed by atoms with Gasteiger partial charge in [-0.2, -0.15) is 0 Å². The lowest BCUT2D eigenvalue weighted by molar-refractivity contribution is -0.206. The van der Waals surface area contributed by atoms with Crippen LogP contribution in [-0.4, -0.2) is 30.0 Å². The highest BCUT2D eigenvalue weighted by molar-refractivity contribution is 5.89. The van der Waals surface area contributed by atoms with Crippen molar-refractivity contribution in [3.63, 3.8) is 0 Å². The van der Waals surface area contributed by atoms with Gasteiger partial charge in [0.1, 0.15) is 5.82 Å². The Bertz CT molecular complexity index is 715. The number of hydrogen-bond acceptors (Lipinski definition) is 4. The van der Waals surface area contributed by atoms with E-state index in [1.807, 2.05) is 0 Å². The molecule has 134 valence electrons. The van der Waals surface area contributed by atoms with E-state index in [0.29, 0.717) is 0 Å². The van der Waals surface area contributed by atoms with E-state index in [2.05, 4.69) is 10.0 Å². The predicted octanol–water partition coefficient (Wildman–Crippen LogP) is 3.50. The van der Waals surface area contributed by atoms with Crippen molar-refractivity contribution in [2.75, 3.05) is 13.1 Å². The Balaban J connectivity index is 2.25. The van der Waals surface area contributed by atoms with E-state index in [9.17, 15) is 14.0 Å². The third-order valence-electron chi connectivity index (χ3n) is 4.33. The van der Waals surface area contributed by atoms with Gasteiger partial charge >= 0.3 is 5.97 Å². The van der Waals surface area contributed by atoms with E-state index in [1.54, 1.807) is 26.8 Å². The Hall–Kier alpha value is -2.44. The largest absolute Gasteiger partial charge is 0.367 e. The molecule has 1 heterocycles. The number of nitrogens with zero attached hydrogens (tertiary/aromatic N) is 4. The lowest BCUT2D eigenvalue weighted by atomic mass is 9.72. The van der Waals surface area contributed by atoms with E-state index in [4.69, 9.17) is 10.4 Å². The van der Waals surface area contributed by atoms with E-state index < -0.39 is 22.6 Å². The van der Waals surface area contributed by atoms with Crippen LogP contribution in [0.2, 0.25) is 0 Å². The number of hydrogen-bond donors (Lipinski definition) is 0. The molecular formula is C17H21FN4O3. The zero-order valence-electron chi connectivity index (χ0n) is 14.5. The number of rotatable bonds is 3. The highest BCUT2D eigenvalue weighted by Crippen LogP contribution is 2.38. The molecule has 1 aromatic carbocycles. The first-order valence-electron chi connectivity index (χ1n) is 8.02. The predicted molar refractivity (Wildman–Crippen MR) is 88.6 cm³/mol. The van der Waals surface area contributed by atoms with Crippen molar-refractivity contribution in [1.29, 1.82) is 0 Å². The van der Waals surface area contributed by atoms with Crippen LogP contribution >= 0.6 is 0 Å². The molecule has 1 aliphatic rings. The molecule has 0 spiro atoms. The maximum Gasteiger partial charge on any atom is 0.330 e.